The lowest BCUT2D eigenvalue weighted by Crippen LogP contribution is -2.47. The van der Waals surface area contributed by atoms with Gasteiger partial charge in [0, 0.05) is 12.8 Å². The van der Waals surface area contributed by atoms with Crippen LogP contribution in [0.2, 0.25) is 0 Å². The van der Waals surface area contributed by atoms with Crippen LogP contribution >= 0.6 is 7.82 Å². The Labute approximate surface area is 439 Å². The number of carbonyl (C=O) groups excluding carboxylic acids is 2. The van der Waals surface area contributed by atoms with E-state index in [2.05, 4.69) is 62.5 Å². The molecule has 0 spiro atoms. The fourth-order valence-corrected chi connectivity index (χ4v) is 9.31. The summed E-state index contributed by atoms with van der Waals surface area (Å²) in [6.45, 7) is 6.98. The monoisotopic (exact) mass is 1020 g/mol. The van der Waals surface area contributed by atoms with Crippen LogP contribution in [0, 0.1) is 0 Å². The van der Waals surface area contributed by atoms with Gasteiger partial charge in [0.15, 0.2) is 0 Å². The van der Waals surface area contributed by atoms with Crippen molar-refractivity contribution in [3.8, 4) is 0 Å². The lowest BCUT2D eigenvalue weighted by molar-refractivity contribution is -0.870. The van der Waals surface area contributed by atoms with Gasteiger partial charge in [-0.15, -0.1) is 0 Å². The summed E-state index contributed by atoms with van der Waals surface area (Å²) in [5, 5.41) is 3.05. The van der Waals surface area contributed by atoms with Gasteiger partial charge in [0.25, 0.3) is 0 Å². The van der Waals surface area contributed by atoms with Gasteiger partial charge in [-0.1, -0.05) is 230 Å². The molecule has 3 atom stereocenters. The van der Waals surface area contributed by atoms with Gasteiger partial charge in [-0.2, -0.15) is 0 Å². The highest BCUT2D eigenvalue weighted by molar-refractivity contribution is 7.47. The van der Waals surface area contributed by atoms with Crippen LogP contribution in [0.5, 0.6) is 0 Å². The molecule has 1 amide bonds. The second kappa shape index (κ2) is 51.5. The number of hydrogen-bond acceptors (Lipinski definition) is 6. The van der Waals surface area contributed by atoms with E-state index < -0.39 is 20.0 Å². The molecular formula is C61H116N2O7P+. The summed E-state index contributed by atoms with van der Waals surface area (Å²) in [7, 11) is 1.49. The molecule has 0 bridgehead atoms. The first-order valence-electron chi connectivity index (χ1n) is 30.0. The van der Waals surface area contributed by atoms with E-state index in [9.17, 15) is 19.0 Å². The number of phosphoric ester groups is 1. The molecule has 0 radical (unpaired) electrons. The molecule has 0 aliphatic heterocycles. The first-order valence-corrected chi connectivity index (χ1v) is 31.5. The number of phosphoric acid groups is 1. The lowest BCUT2D eigenvalue weighted by Gasteiger charge is -2.27. The Hall–Kier alpha value is -2.03. The zero-order valence-electron chi connectivity index (χ0n) is 47.5. The minimum atomic E-state index is -4.45. The molecule has 0 aliphatic rings. The van der Waals surface area contributed by atoms with Crippen LogP contribution in [0.15, 0.2) is 48.6 Å². The number of quaternary nitrogens is 1. The van der Waals surface area contributed by atoms with Crippen molar-refractivity contribution in [3.63, 3.8) is 0 Å². The molecule has 0 aliphatic carbocycles. The first-order chi connectivity index (χ1) is 34.4. The van der Waals surface area contributed by atoms with E-state index in [1.54, 1.807) is 0 Å². The van der Waals surface area contributed by atoms with Crippen molar-refractivity contribution in [1.82, 2.24) is 5.32 Å². The second-order valence-corrected chi connectivity index (χ2v) is 23.0. The second-order valence-electron chi connectivity index (χ2n) is 21.5. The van der Waals surface area contributed by atoms with Gasteiger partial charge in [0.1, 0.15) is 19.3 Å². The minimum Gasteiger partial charge on any atom is -0.456 e. The summed E-state index contributed by atoms with van der Waals surface area (Å²) in [5.74, 6) is -0.516. The maximum atomic E-state index is 13.5. The molecule has 416 valence electrons. The standard InChI is InChI=1S/C61H115N2O7P/c1-7-10-13-16-19-22-25-27-29-30-31-32-34-35-38-41-44-47-50-53-60(64)62-58(57-69-71(66,67)68-56-55-63(4,5)6)59(52-49-46-43-40-37-24-21-18-15-12-9-3)70-61(65)54-51-48-45-42-39-36-33-28-26-23-20-17-14-11-8-2/h20,23,26-29,49,52,58-59H,7-19,21-22,24-25,30-48,50-51,53-57H2,1-6H3,(H-,62,64,66,67)/p+1/b23-20+,28-26+,29-27+,52-49-. The summed E-state index contributed by atoms with van der Waals surface area (Å²) < 4.78 is 30.6. The van der Waals surface area contributed by atoms with Crippen molar-refractivity contribution in [2.24, 2.45) is 0 Å². The van der Waals surface area contributed by atoms with Crippen molar-refractivity contribution in [2.75, 3.05) is 40.9 Å². The quantitative estimate of drug-likeness (QED) is 0.0156. The molecule has 10 heteroatoms. The van der Waals surface area contributed by atoms with Crippen molar-refractivity contribution < 1.29 is 37.3 Å². The summed E-state index contributed by atoms with van der Waals surface area (Å²) in [5.41, 5.74) is 0. The highest BCUT2D eigenvalue weighted by Crippen LogP contribution is 2.43. The highest BCUT2D eigenvalue weighted by Gasteiger charge is 2.30. The van der Waals surface area contributed by atoms with Crippen molar-refractivity contribution in [3.05, 3.63) is 48.6 Å². The van der Waals surface area contributed by atoms with E-state index >= 15 is 0 Å². The minimum absolute atomic E-state index is 0.0380. The van der Waals surface area contributed by atoms with E-state index in [4.69, 9.17) is 13.8 Å². The third-order valence-electron chi connectivity index (χ3n) is 13.3. The maximum Gasteiger partial charge on any atom is 0.472 e. The Morgan fingerprint density at radius 3 is 1.31 bits per heavy atom. The van der Waals surface area contributed by atoms with E-state index in [1.165, 1.54) is 167 Å². The molecule has 0 fully saturated rings. The Balaban J connectivity index is 5.26. The lowest BCUT2D eigenvalue weighted by atomic mass is 10.0. The Kier molecular flexibility index (Phi) is 50.0. The molecule has 0 aromatic heterocycles. The van der Waals surface area contributed by atoms with Crippen LogP contribution < -0.4 is 5.32 Å². The number of likely N-dealkylation sites (N-methyl/N-ethyl adjacent to an activating group) is 1. The third-order valence-corrected chi connectivity index (χ3v) is 14.3. The Bertz CT molecular complexity index is 1360. The van der Waals surface area contributed by atoms with E-state index in [1.807, 2.05) is 33.3 Å². The number of hydrogen-bond donors (Lipinski definition) is 2. The predicted octanol–water partition coefficient (Wildman–Crippen LogP) is 18.1. The zero-order chi connectivity index (χ0) is 52.2. The number of rotatable bonds is 54. The van der Waals surface area contributed by atoms with Gasteiger partial charge in [-0.05, 0) is 83.1 Å². The van der Waals surface area contributed by atoms with Gasteiger partial charge < -0.3 is 19.4 Å². The average Bonchev–Trinajstić information content (AvgIpc) is 3.33. The molecule has 3 unspecified atom stereocenters. The van der Waals surface area contributed by atoms with Crippen LogP contribution in [0.1, 0.15) is 278 Å². The summed E-state index contributed by atoms with van der Waals surface area (Å²) in [6, 6.07) is -0.852. The van der Waals surface area contributed by atoms with Crippen LogP contribution in [-0.4, -0.2) is 74.3 Å². The number of ether oxygens (including phenoxy) is 1. The van der Waals surface area contributed by atoms with Gasteiger partial charge >= 0.3 is 13.8 Å². The fraction of sp³-hybridized carbons (Fsp3) is 0.836. The summed E-state index contributed by atoms with van der Waals surface area (Å²) in [6.07, 6.45) is 62.4. The van der Waals surface area contributed by atoms with Crippen molar-refractivity contribution in [2.45, 2.75) is 290 Å². The number of esters is 1. The largest absolute Gasteiger partial charge is 0.472 e. The van der Waals surface area contributed by atoms with Crippen LogP contribution in [0.4, 0.5) is 0 Å². The SMILES string of the molecule is CCCCC/C=C/C=C/CCCCCCCCC(=O)OC(/C=C\CCCCCCCCCCC)C(COP(=O)(O)OCC[N+](C)(C)C)NC(=O)CCCCCCCCCCC/C=C/CCCCCCCC. The highest BCUT2D eigenvalue weighted by atomic mass is 31.2. The topological polar surface area (TPSA) is 111 Å². The normalized spacial score (nSPS) is 14.1. The summed E-state index contributed by atoms with van der Waals surface area (Å²) in [4.78, 5) is 37.6. The van der Waals surface area contributed by atoms with Gasteiger partial charge in [-0.25, -0.2) is 4.57 Å². The molecule has 9 nitrogen and oxygen atoms in total. The van der Waals surface area contributed by atoms with Gasteiger partial charge in [-0.3, -0.25) is 18.6 Å². The number of amides is 1. The Morgan fingerprint density at radius 2 is 0.859 bits per heavy atom. The van der Waals surface area contributed by atoms with Crippen LogP contribution in [0.25, 0.3) is 0 Å². The molecular weight excluding hydrogens is 904 g/mol. The van der Waals surface area contributed by atoms with E-state index in [0.717, 1.165) is 77.0 Å². The molecule has 0 saturated heterocycles. The fourth-order valence-electron chi connectivity index (χ4n) is 8.57. The molecule has 0 aromatic carbocycles. The van der Waals surface area contributed by atoms with Gasteiger partial charge in [0.2, 0.25) is 5.91 Å². The smallest absolute Gasteiger partial charge is 0.456 e. The number of carbonyl (C=O) groups is 2. The molecule has 0 heterocycles. The molecule has 71 heavy (non-hydrogen) atoms. The molecule has 2 N–H and O–H groups in total. The number of nitrogens with one attached hydrogen (secondary N) is 1. The number of unbranched alkanes of at least 4 members (excludes halogenated alkanes) is 33. The first kappa shape index (κ1) is 69.0. The van der Waals surface area contributed by atoms with Crippen molar-refractivity contribution in [1.29, 1.82) is 0 Å². The third kappa shape index (κ3) is 52.6. The van der Waals surface area contributed by atoms with Crippen molar-refractivity contribution >= 4 is 19.7 Å². The number of allylic oxidation sites excluding steroid dienone is 7. The summed E-state index contributed by atoms with van der Waals surface area (Å²) >= 11 is 0. The maximum absolute atomic E-state index is 13.5. The zero-order valence-corrected chi connectivity index (χ0v) is 48.4. The number of nitrogens with zero attached hydrogens (tertiary/aromatic N) is 1. The van der Waals surface area contributed by atoms with E-state index in [-0.39, 0.29) is 31.5 Å². The average molecular weight is 1020 g/mol. The molecule has 0 saturated carbocycles. The van der Waals surface area contributed by atoms with Crippen LogP contribution in [0.3, 0.4) is 0 Å². The van der Waals surface area contributed by atoms with E-state index in [0.29, 0.717) is 17.4 Å². The molecule has 0 aromatic rings. The van der Waals surface area contributed by atoms with Crippen LogP contribution in [-0.2, 0) is 27.9 Å². The Morgan fingerprint density at radius 1 is 0.493 bits per heavy atom. The van der Waals surface area contributed by atoms with Gasteiger partial charge in [0.05, 0.1) is 33.8 Å². The molecule has 0 rings (SSSR count). The predicted molar refractivity (Wildman–Crippen MR) is 305 cm³/mol.